The van der Waals surface area contributed by atoms with Crippen molar-refractivity contribution in [2.45, 2.75) is 26.3 Å². The van der Waals surface area contributed by atoms with Gasteiger partial charge in [-0.05, 0) is 26.0 Å². The number of anilines is 2. The maximum Gasteiger partial charge on any atom is 0.220 e. The molecule has 10 heteroatoms. The van der Waals surface area contributed by atoms with E-state index in [1.165, 1.54) is 10.8 Å². The first kappa shape index (κ1) is 20.9. The van der Waals surface area contributed by atoms with Gasteiger partial charge in [0.15, 0.2) is 11.6 Å². The number of rotatable bonds is 2. The van der Waals surface area contributed by atoms with E-state index in [0.29, 0.717) is 36.4 Å². The van der Waals surface area contributed by atoms with E-state index in [-0.39, 0.29) is 28.0 Å². The third-order valence-corrected chi connectivity index (χ3v) is 6.00. The van der Waals surface area contributed by atoms with Crippen molar-refractivity contribution in [3.05, 3.63) is 40.9 Å². The molecule has 1 aliphatic rings. The summed E-state index contributed by atoms with van der Waals surface area (Å²) in [5.41, 5.74) is 7.39. The van der Waals surface area contributed by atoms with Crippen LogP contribution in [0.25, 0.3) is 16.8 Å². The average molecular weight is 442 g/mol. The molecule has 0 atom stereocenters. The van der Waals surface area contributed by atoms with E-state index in [1.807, 2.05) is 23.6 Å². The Balaban J connectivity index is 1.83. The summed E-state index contributed by atoms with van der Waals surface area (Å²) >= 11 is 6.18. The van der Waals surface area contributed by atoms with Gasteiger partial charge in [0, 0.05) is 32.1 Å². The lowest BCUT2D eigenvalue weighted by atomic mass is 9.96. The minimum Gasteiger partial charge on any atom is -0.382 e. The van der Waals surface area contributed by atoms with Crippen LogP contribution in [0.15, 0.2) is 24.5 Å². The molecule has 2 aromatic heterocycles. The minimum absolute atomic E-state index is 0.00699. The van der Waals surface area contributed by atoms with E-state index in [1.54, 1.807) is 25.1 Å². The molecule has 0 radical (unpaired) electrons. The van der Waals surface area contributed by atoms with Gasteiger partial charge in [-0.15, -0.1) is 0 Å². The number of hydrogen-bond donors (Lipinski definition) is 1. The molecule has 0 spiro atoms. The van der Waals surface area contributed by atoms with Gasteiger partial charge in [-0.1, -0.05) is 17.7 Å². The number of aromatic nitrogens is 3. The van der Waals surface area contributed by atoms with E-state index in [9.17, 15) is 10.1 Å². The van der Waals surface area contributed by atoms with E-state index >= 15 is 4.39 Å². The van der Waals surface area contributed by atoms with Crippen LogP contribution in [0.2, 0.25) is 5.02 Å². The van der Waals surface area contributed by atoms with E-state index in [2.05, 4.69) is 16.2 Å². The first-order valence-electron chi connectivity index (χ1n) is 9.69. The number of amides is 1. The molecular weight excluding hydrogens is 421 g/mol. The zero-order valence-electron chi connectivity index (χ0n) is 17.4. The van der Waals surface area contributed by atoms with E-state index < -0.39 is 11.4 Å². The molecule has 160 valence electrons. The highest BCUT2D eigenvalue weighted by Crippen LogP contribution is 2.37. The third kappa shape index (κ3) is 3.33. The fourth-order valence-electron chi connectivity index (χ4n) is 4.27. The second-order valence-corrected chi connectivity index (χ2v) is 8.51. The van der Waals surface area contributed by atoms with Crippen molar-refractivity contribution in [2.75, 3.05) is 30.3 Å². The van der Waals surface area contributed by atoms with Gasteiger partial charge in [0.2, 0.25) is 5.91 Å². The Hall–Kier alpha value is -3.38. The Labute approximate surface area is 183 Å². The highest BCUT2D eigenvalue weighted by Gasteiger charge is 2.36. The summed E-state index contributed by atoms with van der Waals surface area (Å²) < 4.78 is 16.4. The molecule has 1 fully saturated rings. The monoisotopic (exact) mass is 441 g/mol. The van der Waals surface area contributed by atoms with Crippen molar-refractivity contribution in [2.24, 2.45) is 0 Å². The van der Waals surface area contributed by atoms with E-state index in [0.717, 1.165) is 0 Å². The summed E-state index contributed by atoms with van der Waals surface area (Å²) in [6.07, 6.45) is 1.23. The minimum atomic E-state index is -0.661. The van der Waals surface area contributed by atoms with Crippen LogP contribution in [0.5, 0.6) is 0 Å². The summed E-state index contributed by atoms with van der Waals surface area (Å²) in [6.45, 7) is 7.12. The van der Waals surface area contributed by atoms with Crippen molar-refractivity contribution < 1.29 is 9.18 Å². The van der Waals surface area contributed by atoms with Crippen molar-refractivity contribution in [3.63, 3.8) is 0 Å². The maximum absolute atomic E-state index is 15.1. The van der Waals surface area contributed by atoms with Crippen LogP contribution in [-0.2, 0) is 4.79 Å². The number of fused-ring (bicyclic) bond motifs is 1. The number of halogens is 2. The number of benzene rings is 1. The number of nitrogen functional groups attached to an aromatic ring is 1. The predicted molar refractivity (Wildman–Crippen MR) is 116 cm³/mol. The molecule has 3 heterocycles. The average Bonchev–Trinajstić information content (AvgIpc) is 2.98. The molecule has 1 aliphatic heterocycles. The van der Waals surface area contributed by atoms with Gasteiger partial charge in [-0.2, -0.15) is 10.4 Å². The second-order valence-electron chi connectivity index (χ2n) is 8.13. The van der Waals surface area contributed by atoms with Gasteiger partial charge in [0.25, 0.3) is 0 Å². The summed E-state index contributed by atoms with van der Waals surface area (Å²) in [7, 11) is 0. The molecular formula is C21H21ClFN7O. The quantitative estimate of drug-likeness (QED) is 0.655. The number of nitrogens with zero attached hydrogens (tertiary/aromatic N) is 6. The van der Waals surface area contributed by atoms with Gasteiger partial charge in [0.1, 0.15) is 28.6 Å². The lowest BCUT2D eigenvalue weighted by Gasteiger charge is -2.47. The molecule has 2 N–H and O–H groups in total. The smallest absolute Gasteiger partial charge is 0.220 e. The van der Waals surface area contributed by atoms with Crippen molar-refractivity contribution in [1.82, 2.24) is 19.5 Å². The molecule has 31 heavy (non-hydrogen) atoms. The molecule has 1 aromatic carbocycles. The number of carbonyl (C=O) groups excluding carboxylic acids is 1. The highest BCUT2D eigenvalue weighted by atomic mass is 35.5. The van der Waals surface area contributed by atoms with Gasteiger partial charge >= 0.3 is 0 Å². The summed E-state index contributed by atoms with van der Waals surface area (Å²) in [4.78, 5) is 19.7. The summed E-state index contributed by atoms with van der Waals surface area (Å²) in [5, 5.41) is 13.6. The Kier molecular flexibility index (Phi) is 4.98. The first-order valence-corrected chi connectivity index (χ1v) is 10.1. The largest absolute Gasteiger partial charge is 0.382 e. The van der Waals surface area contributed by atoms with Crippen molar-refractivity contribution >= 4 is 34.5 Å². The zero-order valence-corrected chi connectivity index (χ0v) is 18.1. The summed E-state index contributed by atoms with van der Waals surface area (Å²) in [6, 6.07) is 7.25. The molecule has 8 nitrogen and oxygen atoms in total. The molecule has 1 saturated heterocycles. The molecule has 0 unspecified atom stereocenters. The van der Waals surface area contributed by atoms with Crippen molar-refractivity contribution in [1.29, 1.82) is 5.26 Å². The Morgan fingerprint density at radius 2 is 2.10 bits per heavy atom. The zero-order chi connectivity index (χ0) is 22.5. The molecule has 3 aromatic rings. The topological polar surface area (TPSA) is 104 Å². The first-order chi connectivity index (χ1) is 14.7. The Morgan fingerprint density at radius 1 is 1.35 bits per heavy atom. The Morgan fingerprint density at radius 3 is 2.74 bits per heavy atom. The van der Waals surface area contributed by atoms with Crippen LogP contribution in [-0.4, -0.2) is 50.6 Å². The van der Waals surface area contributed by atoms with Crippen LogP contribution >= 0.6 is 11.6 Å². The molecule has 0 saturated carbocycles. The number of nitrogens with two attached hydrogens (primary N) is 1. The SMILES string of the molecule is CC(=O)N1CCN(c2cc(-c3c(F)c(Cl)c4c(N)ncnn34)ccc2C#N)CC1(C)C. The normalized spacial score (nSPS) is 15.9. The van der Waals surface area contributed by atoms with Crippen LogP contribution in [0.3, 0.4) is 0 Å². The Bertz CT molecular complexity index is 1250. The standard InChI is InChI=1S/C21H21ClFN7O/c1-12(31)29-7-6-28(10-21(29,2)3)15-8-13(4-5-14(15)9-24)18-17(23)16(22)19-20(25)26-11-27-30(18)19/h4-5,8,11H,6-7,10H2,1-3H3,(H2,25,26,27). The van der Waals surface area contributed by atoms with Gasteiger partial charge in [0.05, 0.1) is 16.8 Å². The number of hydrogen-bond acceptors (Lipinski definition) is 6. The second kappa shape index (κ2) is 7.39. The van der Waals surface area contributed by atoms with Crippen LogP contribution < -0.4 is 10.6 Å². The lowest BCUT2D eigenvalue weighted by molar-refractivity contribution is -0.134. The van der Waals surface area contributed by atoms with Gasteiger partial charge < -0.3 is 15.5 Å². The fourth-order valence-corrected chi connectivity index (χ4v) is 4.54. The van der Waals surface area contributed by atoms with Gasteiger partial charge in [-0.3, -0.25) is 4.79 Å². The van der Waals surface area contributed by atoms with Crippen LogP contribution in [0, 0.1) is 17.1 Å². The van der Waals surface area contributed by atoms with E-state index in [4.69, 9.17) is 17.3 Å². The van der Waals surface area contributed by atoms with Crippen molar-refractivity contribution in [3.8, 4) is 17.3 Å². The highest BCUT2D eigenvalue weighted by molar-refractivity contribution is 6.35. The fraction of sp³-hybridized carbons (Fsp3) is 0.333. The number of carbonyl (C=O) groups is 1. The number of piperazine rings is 1. The molecule has 1 amide bonds. The maximum atomic E-state index is 15.1. The molecule has 0 bridgehead atoms. The number of nitriles is 1. The summed E-state index contributed by atoms with van der Waals surface area (Å²) in [5.74, 6) is -0.583. The van der Waals surface area contributed by atoms with Gasteiger partial charge in [-0.25, -0.2) is 13.9 Å². The van der Waals surface area contributed by atoms with Crippen LogP contribution in [0.4, 0.5) is 15.9 Å². The predicted octanol–water partition coefficient (Wildman–Crippen LogP) is 3.09. The molecule has 0 aliphatic carbocycles. The third-order valence-electron chi connectivity index (χ3n) is 5.65. The lowest BCUT2D eigenvalue weighted by Crippen LogP contribution is -2.60. The van der Waals surface area contributed by atoms with Crippen LogP contribution in [0.1, 0.15) is 26.3 Å². The molecule has 4 rings (SSSR count).